The number of ether oxygens (including phenoxy) is 6. The number of quaternary nitrogens is 1. The number of likely N-dealkylation sites (N-methyl/N-ethyl adjacent to an activating group) is 1. The Hall–Kier alpha value is -3.66. The molecule has 0 amide bonds. The van der Waals surface area contributed by atoms with Gasteiger partial charge >= 0.3 is 11.9 Å². The van der Waals surface area contributed by atoms with Crippen molar-refractivity contribution in [1.29, 1.82) is 0 Å². The lowest BCUT2D eigenvalue weighted by Crippen LogP contribution is -2.52. The molecule has 0 aromatic heterocycles. The van der Waals surface area contributed by atoms with Gasteiger partial charge < -0.3 is 38.0 Å². The normalized spacial score (nSPS) is 17.4. The van der Waals surface area contributed by atoms with E-state index in [1.54, 1.807) is 35.5 Å². The molecule has 0 saturated heterocycles. The monoisotopic (exact) mass is 616 g/mol. The molecule has 0 fully saturated rings. The van der Waals surface area contributed by atoms with Crippen molar-refractivity contribution in [3.05, 3.63) is 41.0 Å². The molecule has 0 aliphatic carbocycles. The Kier molecular flexibility index (Phi) is 13.4. The fourth-order valence-electron chi connectivity index (χ4n) is 6.17. The van der Waals surface area contributed by atoms with E-state index < -0.39 is 5.97 Å². The lowest BCUT2D eigenvalue weighted by Gasteiger charge is -2.46. The number of aliphatic carboxylic acids is 1. The zero-order valence-corrected chi connectivity index (χ0v) is 27.2. The molecule has 0 unspecified atom stereocenters. The van der Waals surface area contributed by atoms with Crippen LogP contribution in [0.3, 0.4) is 0 Å². The second kappa shape index (κ2) is 17.0. The third-order valence-electron chi connectivity index (χ3n) is 8.65. The highest BCUT2D eigenvalue weighted by atomic mass is 16.5. The molecule has 1 aliphatic rings. The van der Waals surface area contributed by atoms with Crippen molar-refractivity contribution in [3.63, 3.8) is 0 Å². The van der Waals surface area contributed by atoms with Crippen LogP contribution in [0.1, 0.15) is 74.1 Å². The number of rotatable bonds is 19. The second-order valence-corrected chi connectivity index (χ2v) is 11.6. The van der Waals surface area contributed by atoms with E-state index in [-0.39, 0.29) is 18.4 Å². The molecule has 0 bridgehead atoms. The molecule has 3 rings (SSSR count). The van der Waals surface area contributed by atoms with Crippen molar-refractivity contribution < 1.29 is 47.6 Å². The van der Waals surface area contributed by atoms with Crippen LogP contribution in [0.25, 0.3) is 0 Å². The van der Waals surface area contributed by atoms with Gasteiger partial charge in [0.1, 0.15) is 6.04 Å². The number of carboxylic acid groups (broad SMARTS) is 1. The molecule has 10 heteroatoms. The Bertz CT molecular complexity index is 1220. The van der Waals surface area contributed by atoms with E-state index in [2.05, 4.69) is 19.2 Å². The third kappa shape index (κ3) is 9.17. The minimum Gasteiger partial charge on any atom is -0.493 e. The SMILES string of the molecule is COc1cc2c(cc1OC)[C@@H](Cc1cc(OC)c(OC)c(OC)c1)[N@+](C)(CCCOC(=O)CCCCCCCC(=O)O)CC2. The molecule has 2 atom stereocenters. The van der Waals surface area contributed by atoms with Crippen molar-refractivity contribution in [2.75, 3.05) is 62.3 Å². The van der Waals surface area contributed by atoms with Crippen molar-refractivity contribution in [3.8, 4) is 28.7 Å². The Labute approximate surface area is 261 Å². The Morgan fingerprint density at radius 3 is 1.95 bits per heavy atom. The van der Waals surface area contributed by atoms with Gasteiger partial charge in [-0.05, 0) is 48.2 Å². The first-order valence-electron chi connectivity index (χ1n) is 15.4. The number of carboxylic acids is 1. The second-order valence-electron chi connectivity index (χ2n) is 11.6. The predicted molar refractivity (Wildman–Crippen MR) is 167 cm³/mol. The van der Waals surface area contributed by atoms with Gasteiger partial charge in [0.15, 0.2) is 23.0 Å². The average Bonchev–Trinajstić information content (AvgIpc) is 3.02. The molecule has 1 heterocycles. The number of fused-ring (bicyclic) bond motifs is 1. The van der Waals surface area contributed by atoms with Gasteiger partial charge in [0, 0.05) is 37.7 Å². The Morgan fingerprint density at radius 1 is 0.773 bits per heavy atom. The van der Waals surface area contributed by atoms with E-state index in [1.807, 2.05) is 12.1 Å². The highest BCUT2D eigenvalue weighted by molar-refractivity contribution is 5.69. The van der Waals surface area contributed by atoms with Gasteiger partial charge in [-0.1, -0.05) is 19.3 Å². The van der Waals surface area contributed by atoms with Crippen LogP contribution in [0.15, 0.2) is 24.3 Å². The van der Waals surface area contributed by atoms with E-state index in [4.69, 9.17) is 33.5 Å². The average molecular weight is 617 g/mol. The van der Waals surface area contributed by atoms with E-state index in [9.17, 15) is 9.59 Å². The van der Waals surface area contributed by atoms with E-state index in [0.29, 0.717) is 42.4 Å². The first-order chi connectivity index (χ1) is 21.2. The first kappa shape index (κ1) is 34.8. The lowest BCUT2D eigenvalue weighted by atomic mass is 9.86. The standard InChI is InChI=1S/C34H49NO9/c1-35(16-12-18-44-33(38)14-11-9-7-8-10-13-32(36)37)17-15-25-22-28(39-2)29(40-3)23-26(25)27(35)19-24-20-30(41-4)34(43-6)31(21-24)42-5/h20-23,27H,7-19H2,1-6H3/p+1/t27-,35-/m1/s1. The van der Waals surface area contributed by atoms with Gasteiger partial charge in [-0.3, -0.25) is 9.59 Å². The number of hydrogen-bond acceptors (Lipinski definition) is 8. The molecule has 2 aromatic rings. The number of unbranched alkanes of at least 4 members (excludes halogenated alkanes) is 4. The summed E-state index contributed by atoms with van der Waals surface area (Å²) in [6.07, 6.45) is 7.11. The summed E-state index contributed by atoms with van der Waals surface area (Å²) in [5.74, 6) is 2.29. The summed E-state index contributed by atoms with van der Waals surface area (Å²) in [5.41, 5.74) is 3.52. The zero-order chi connectivity index (χ0) is 32.1. The van der Waals surface area contributed by atoms with Gasteiger partial charge in [0.25, 0.3) is 0 Å². The van der Waals surface area contributed by atoms with Crippen molar-refractivity contribution in [2.24, 2.45) is 0 Å². The quantitative estimate of drug-likeness (QED) is 0.120. The largest absolute Gasteiger partial charge is 0.493 e. The number of methoxy groups -OCH3 is 5. The van der Waals surface area contributed by atoms with Gasteiger partial charge in [-0.25, -0.2) is 0 Å². The summed E-state index contributed by atoms with van der Waals surface area (Å²) in [4.78, 5) is 23.0. The number of carbonyl (C=O) groups excluding carboxylic acids is 1. The minimum absolute atomic E-state index is 0.0955. The highest BCUT2D eigenvalue weighted by Crippen LogP contribution is 2.44. The van der Waals surface area contributed by atoms with Crippen LogP contribution in [-0.4, -0.2) is 83.8 Å². The topological polar surface area (TPSA) is 110 Å². The van der Waals surface area contributed by atoms with Crippen LogP contribution in [0.2, 0.25) is 0 Å². The molecule has 2 aromatic carbocycles. The third-order valence-corrected chi connectivity index (χ3v) is 8.65. The van der Waals surface area contributed by atoms with Gasteiger partial charge in [0.05, 0.1) is 62.3 Å². The molecule has 10 nitrogen and oxygen atoms in total. The molecule has 44 heavy (non-hydrogen) atoms. The molecule has 1 N–H and O–H groups in total. The predicted octanol–water partition coefficient (Wildman–Crippen LogP) is 5.76. The summed E-state index contributed by atoms with van der Waals surface area (Å²) in [6, 6.07) is 8.31. The maximum Gasteiger partial charge on any atom is 0.305 e. The van der Waals surface area contributed by atoms with Crippen LogP contribution in [-0.2, 0) is 27.2 Å². The molecule has 1 aliphatic heterocycles. The molecule has 0 saturated carbocycles. The summed E-state index contributed by atoms with van der Waals surface area (Å²) >= 11 is 0. The van der Waals surface area contributed by atoms with Crippen molar-refractivity contribution in [2.45, 2.75) is 70.3 Å². The van der Waals surface area contributed by atoms with Crippen LogP contribution in [0, 0.1) is 0 Å². The number of benzene rings is 2. The van der Waals surface area contributed by atoms with E-state index >= 15 is 0 Å². The van der Waals surface area contributed by atoms with E-state index in [1.165, 1.54) is 11.1 Å². The number of esters is 1. The molecule has 0 spiro atoms. The maximum absolute atomic E-state index is 12.4. The maximum atomic E-state index is 12.4. The number of carbonyl (C=O) groups is 2. The van der Waals surface area contributed by atoms with E-state index in [0.717, 1.165) is 73.8 Å². The molecular weight excluding hydrogens is 566 g/mol. The number of hydrogen-bond donors (Lipinski definition) is 1. The van der Waals surface area contributed by atoms with Crippen molar-refractivity contribution >= 4 is 11.9 Å². The Morgan fingerprint density at radius 2 is 1.36 bits per heavy atom. The fourth-order valence-corrected chi connectivity index (χ4v) is 6.17. The zero-order valence-electron chi connectivity index (χ0n) is 27.2. The number of nitrogens with zero attached hydrogens (tertiary/aromatic N) is 1. The first-order valence-corrected chi connectivity index (χ1v) is 15.4. The van der Waals surface area contributed by atoms with Gasteiger partial charge in [-0.2, -0.15) is 0 Å². The molecule has 244 valence electrons. The summed E-state index contributed by atoms with van der Waals surface area (Å²) in [6.45, 7) is 2.13. The smallest absolute Gasteiger partial charge is 0.305 e. The van der Waals surface area contributed by atoms with Crippen LogP contribution >= 0.6 is 0 Å². The Balaban J connectivity index is 1.71. The van der Waals surface area contributed by atoms with Gasteiger partial charge in [0.2, 0.25) is 5.75 Å². The summed E-state index contributed by atoms with van der Waals surface area (Å²) < 4.78 is 34.5. The highest BCUT2D eigenvalue weighted by Gasteiger charge is 2.40. The lowest BCUT2D eigenvalue weighted by molar-refractivity contribution is -0.941. The summed E-state index contributed by atoms with van der Waals surface area (Å²) in [5, 5.41) is 8.73. The minimum atomic E-state index is -0.758. The molecule has 0 radical (unpaired) electrons. The van der Waals surface area contributed by atoms with Crippen LogP contribution in [0.4, 0.5) is 0 Å². The fraction of sp³-hybridized carbons (Fsp3) is 0.588. The molecular formula is C34H50NO9+. The summed E-state index contributed by atoms with van der Waals surface area (Å²) in [7, 11) is 10.4. The van der Waals surface area contributed by atoms with Crippen LogP contribution in [0.5, 0.6) is 28.7 Å². The van der Waals surface area contributed by atoms with Crippen molar-refractivity contribution in [1.82, 2.24) is 0 Å². The van der Waals surface area contributed by atoms with Gasteiger partial charge in [-0.15, -0.1) is 0 Å². The van der Waals surface area contributed by atoms with Crippen LogP contribution < -0.4 is 23.7 Å².